The summed E-state index contributed by atoms with van der Waals surface area (Å²) in [6.45, 7) is 4.81. The Morgan fingerprint density at radius 3 is 2.73 bits per heavy atom. The molecule has 37 heavy (non-hydrogen) atoms. The Morgan fingerprint density at radius 1 is 1.14 bits per heavy atom. The molecule has 0 aliphatic carbocycles. The number of rotatable bonds is 4. The van der Waals surface area contributed by atoms with E-state index in [1.807, 2.05) is 23.1 Å². The first-order valence-corrected chi connectivity index (χ1v) is 13.1. The summed E-state index contributed by atoms with van der Waals surface area (Å²) in [6, 6.07) is 10.8. The summed E-state index contributed by atoms with van der Waals surface area (Å²) >= 11 is 0. The van der Waals surface area contributed by atoms with Crippen LogP contribution in [0.2, 0.25) is 0 Å². The number of hydrogen-bond donors (Lipinski definition) is 2. The highest BCUT2D eigenvalue weighted by atomic mass is 16.5. The zero-order chi connectivity index (χ0) is 26.1. The molecule has 1 spiro atoms. The van der Waals surface area contributed by atoms with Crippen molar-refractivity contribution < 1.29 is 19.1 Å². The van der Waals surface area contributed by atoms with Crippen LogP contribution in [-0.2, 0) is 4.79 Å². The van der Waals surface area contributed by atoms with E-state index in [0.29, 0.717) is 43.1 Å². The lowest BCUT2D eigenvalue weighted by Gasteiger charge is -2.42. The molecule has 2 aromatic rings. The number of benzene rings is 1. The topological polar surface area (TPSA) is 101 Å². The number of nitrogens with zero attached hydrogens (tertiary/aromatic N) is 2. The third-order valence-corrected chi connectivity index (χ3v) is 7.40. The van der Waals surface area contributed by atoms with Gasteiger partial charge in [-0.15, -0.1) is 0 Å². The number of nitrogens with one attached hydrogen (secondary N) is 2. The molecule has 1 saturated heterocycles. The number of para-hydroxylation sites is 1. The maximum atomic E-state index is 13.0. The molecule has 1 fully saturated rings. The van der Waals surface area contributed by atoms with Gasteiger partial charge in [-0.3, -0.25) is 19.4 Å². The van der Waals surface area contributed by atoms with Gasteiger partial charge in [0, 0.05) is 51.4 Å². The van der Waals surface area contributed by atoms with Crippen molar-refractivity contribution in [3.8, 4) is 5.75 Å². The maximum absolute atomic E-state index is 13.0. The van der Waals surface area contributed by atoms with E-state index in [1.165, 1.54) is 11.8 Å². The van der Waals surface area contributed by atoms with Crippen molar-refractivity contribution >= 4 is 17.7 Å². The van der Waals surface area contributed by atoms with E-state index in [2.05, 4.69) is 28.6 Å². The average Bonchev–Trinajstić information content (AvgIpc) is 2.93. The normalized spacial score (nSPS) is 19.5. The van der Waals surface area contributed by atoms with Gasteiger partial charge in [0.25, 0.3) is 11.8 Å². The van der Waals surface area contributed by atoms with Crippen LogP contribution in [0, 0.1) is 5.41 Å². The number of hydrogen-bond acceptors (Lipinski definition) is 5. The summed E-state index contributed by atoms with van der Waals surface area (Å²) in [7, 11) is 0. The van der Waals surface area contributed by atoms with Gasteiger partial charge in [-0.1, -0.05) is 23.8 Å². The monoisotopic (exact) mass is 504 g/mol. The highest BCUT2D eigenvalue weighted by Crippen LogP contribution is 2.36. The highest BCUT2D eigenvalue weighted by Gasteiger charge is 2.36. The van der Waals surface area contributed by atoms with Gasteiger partial charge < -0.3 is 20.3 Å². The van der Waals surface area contributed by atoms with Crippen molar-refractivity contribution in [1.29, 1.82) is 0 Å². The molecule has 8 nitrogen and oxygen atoms in total. The summed E-state index contributed by atoms with van der Waals surface area (Å²) in [6.07, 6.45) is 10.0. The molecule has 8 heteroatoms. The van der Waals surface area contributed by atoms with Crippen LogP contribution in [0.3, 0.4) is 0 Å². The molecular weight excluding hydrogens is 468 g/mol. The van der Waals surface area contributed by atoms with Gasteiger partial charge in [0.05, 0.1) is 17.7 Å². The van der Waals surface area contributed by atoms with Gasteiger partial charge in [-0.05, 0) is 62.3 Å². The van der Waals surface area contributed by atoms with Crippen LogP contribution in [0.25, 0.3) is 0 Å². The zero-order valence-corrected chi connectivity index (χ0v) is 21.5. The number of piperidine rings is 1. The molecule has 2 aliphatic rings. The lowest BCUT2D eigenvalue weighted by Crippen LogP contribution is -2.48. The predicted octanol–water partition coefficient (Wildman–Crippen LogP) is 3.75. The lowest BCUT2D eigenvalue weighted by molar-refractivity contribution is -0.133. The molecule has 1 aromatic carbocycles. The summed E-state index contributed by atoms with van der Waals surface area (Å²) in [5.74, 6) is 0.296. The van der Waals surface area contributed by atoms with E-state index in [0.717, 1.165) is 32.1 Å². The summed E-state index contributed by atoms with van der Waals surface area (Å²) in [5, 5.41) is 5.96. The van der Waals surface area contributed by atoms with Crippen LogP contribution >= 0.6 is 0 Å². The van der Waals surface area contributed by atoms with Crippen LogP contribution in [0.5, 0.6) is 5.75 Å². The molecule has 0 bridgehead atoms. The largest absolute Gasteiger partial charge is 0.492 e. The second-order valence-corrected chi connectivity index (χ2v) is 9.99. The standard InChI is InChI=1S/C29H36N4O4/c1-22-6-4-12-29(21-32-28(36)24-8-2-3-9-25(24)37-19-11-22)13-17-33(18-14-29)26(34)10-16-31-27(35)23-7-5-15-30-20-23/h2-3,5-9,15,20H,4,10-14,16-19,21H2,1H3,(H,31,35)(H,32,36)/b22-6+. The quantitative estimate of drug-likeness (QED) is 0.618. The Balaban J connectivity index is 1.34. The fourth-order valence-corrected chi connectivity index (χ4v) is 4.98. The first-order valence-electron chi connectivity index (χ1n) is 13.1. The van der Waals surface area contributed by atoms with Crippen molar-refractivity contribution in [2.24, 2.45) is 5.41 Å². The fraction of sp³-hybridized carbons (Fsp3) is 0.448. The van der Waals surface area contributed by atoms with Crippen molar-refractivity contribution in [2.75, 3.05) is 32.8 Å². The van der Waals surface area contributed by atoms with E-state index < -0.39 is 0 Å². The zero-order valence-electron chi connectivity index (χ0n) is 21.5. The number of carbonyl (C=O) groups excluding carboxylic acids is 3. The van der Waals surface area contributed by atoms with Gasteiger partial charge in [-0.25, -0.2) is 0 Å². The molecule has 3 amide bonds. The van der Waals surface area contributed by atoms with E-state index in [9.17, 15) is 14.4 Å². The molecule has 0 atom stereocenters. The van der Waals surface area contributed by atoms with Crippen LogP contribution in [0.1, 0.15) is 66.2 Å². The minimum Gasteiger partial charge on any atom is -0.492 e. The molecule has 3 heterocycles. The minimum atomic E-state index is -0.228. The van der Waals surface area contributed by atoms with Crippen molar-refractivity contribution in [1.82, 2.24) is 20.5 Å². The Kier molecular flexibility index (Phi) is 8.93. The Bertz CT molecular complexity index is 1120. The predicted molar refractivity (Wildman–Crippen MR) is 141 cm³/mol. The van der Waals surface area contributed by atoms with Gasteiger partial charge in [0.1, 0.15) is 5.75 Å². The molecule has 0 saturated carbocycles. The highest BCUT2D eigenvalue weighted by molar-refractivity contribution is 5.97. The van der Waals surface area contributed by atoms with Gasteiger partial charge in [0.2, 0.25) is 5.91 Å². The first kappa shape index (κ1) is 26.4. The number of allylic oxidation sites excluding steroid dienone is 1. The van der Waals surface area contributed by atoms with E-state index in [4.69, 9.17) is 4.74 Å². The molecule has 196 valence electrons. The summed E-state index contributed by atoms with van der Waals surface area (Å²) in [5.41, 5.74) is 2.25. The average molecular weight is 505 g/mol. The van der Waals surface area contributed by atoms with Gasteiger partial charge in [0.15, 0.2) is 0 Å². The number of ether oxygens (including phenoxy) is 1. The smallest absolute Gasteiger partial charge is 0.255 e. The number of carbonyl (C=O) groups is 3. The summed E-state index contributed by atoms with van der Waals surface area (Å²) < 4.78 is 5.92. The van der Waals surface area contributed by atoms with Crippen LogP contribution in [0.15, 0.2) is 60.4 Å². The molecule has 2 aliphatic heterocycles. The van der Waals surface area contributed by atoms with E-state index in [-0.39, 0.29) is 36.1 Å². The van der Waals surface area contributed by atoms with Crippen LogP contribution < -0.4 is 15.4 Å². The van der Waals surface area contributed by atoms with E-state index in [1.54, 1.807) is 24.4 Å². The van der Waals surface area contributed by atoms with Gasteiger partial charge in [-0.2, -0.15) is 0 Å². The third kappa shape index (κ3) is 7.18. The van der Waals surface area contributed by atoms with Crippen LogP contribution in [-0.4, -0.2) is 60.4 Å². The molecule has 1 aromatic heterocycles. The number of aromatic nitrogens is 1. The number of fused-ring (bicyclic) bond motifs is 1. The molecule has 0 radical (unpaired) electrons. The second-order valence-electron chi connectivity index (χ2n) is 9.99. The number of amides is 3. The molecular formula is C29H36N4O4. The van der Waals surface area contributed by atoms with Crippen molar-refractivity contribution in [3.63, 3.8) is 0 Å². The molecule has 2 N–H and O–H groups in total. The van der Waals surface area contributed by atoms with Crippen LogP contribution in [0.4, 0.5) is 0 Å². The number of likely N-dealkylation sites (tertiary alicyclic amines) is 1. The minimum absolute atomic E-state index is 0.0387. The molecule has 0 unspecified atom stereocenters. The Hall–Kier alpha value is -3.68. The Labute approximate surface area is 218 Å². The third-order valence-electron chi connectivity index (χ3n) is 7.40. The fourth-order valence-electron chi connectivity index (χ4n) is 4.98. The first-order chi connectivity index (χ1) is 18.0. The van der Waals surface area contributed by atoms with Crippen molar-refractivity contribution in [2.45, 2.75) is 45.4 Å². The van der Waals surface area contributed by atoms with E-state index >= 15 is 0 Å². The van der Waals surface area contributed by atoms with Gasteiger partial charge >= 0.3 is 0 Å². The Morgan fingerprint density at radius 2 is 1.95 bits per heavy atom. The molecule has 4 rings (SSSR count). The SMILES string of the molecule is C/C1=C\CCC2(CCN(C(=O)CCNC(=O)c3cccnc3)CC2)CNC(=O)c2ccccc2OCC1. The maximum Gasteiger partial charge on any atom is 0.255 e. The number of pyridine rings is 1. The van der Waals surface area contributed by atoms with Crippen molar-refractivity contribution in [3.05, 3.63) is 71.6 Å². The summed E-state index contributed by atoms with van der Waals surface area (Å²) in [4.78, 5) is 43.9. The lowest BCUT2D eigenvalue weighted by atomic mass is 9.74. The second kappa shape index (κ2) is 12.5.